The SMILES string of the molecule is CNC1CCCCC1N(C)c1nc(Nc2cccc(-n3ccnc3)c2)c(C(N)=O)cc1F. The molecule has 0 radical (unpaired) electrons. The van der Waals surface area contributed by atoms with E-state index in [1.165, 1.54) is 6.07 Å². The Morgan fingerprint density at radius 3 is 2.81 bits per heavy atom. The Bertz CT molecular complexity index is 1090. The first-order valence-electron chi connectivity index (χ1n) is 10.7. The molecule has 3 aromatic rings. The molecule has 1 aliphatic rings. The molecule has 2 aromatic heterocycles. The molecule has 0 spiro atoms. The standard InChI is InChI=1S/C23H28FN7O/c1-26-19-8-3-4-9-20(19)30(2)23-18(24)13-17(21(25)32)22(29-23)28-15-6-5-7-16(12-15)31-11-10-27-14-31/h5-7,10-14,19-20,26H,3-4,8-9H2,1-2H3,(H2,25,32)(H,28,29). The summed E-state index contributed by atoms with van der Waals surface area (Å²) < 4.78 is 16.9. The maximum atomic E-state index is 15.0. The van der Waals surface area contributed by atoms with Gasteiger partial charge in [0.15, 0.2) is 11.6 Å². The van der Waals surface area contributed by atoms with Gasteiger partial charge in [-0.15, -0.1) is 0 Å². The Hall–Kier alpha value is -3.46. The van der Waals surface area contributed by atoms with E-state index >= 15 is 4.39 Å². The molecule has 2 atom stereocenters. The fraction of sp³-hybridized carbons (Fsp3) is 0.348. The van der Waals surface area contributed by atoms with Crippen molar-refractivity contribution in [2.45, 2.75) is 37.8 Å². The number of hydrogen-bond acceptors (Lipinski definition) is 6. The number of halogens is 1. The highest BCUT2D eigenvalue weighted by atomic mass is 19.1. The van der Waals surface area contributed by atoms with Crippen molar-refractivity contribution in [2.75, 3.05) is 24.3 Å². The zero-order valence-corrected chi connectivity index (χ0v) is 18.3. The summed E-state index contributed by atoms with van der Waals surface area (Å²) in [5.74, 6) is -0.903. The lowest BCUT2D eigenvalue weighted by Gasteiger charge is -2.38. The Kier molecular flexibility index (Phi) is 6.36. The molecule has 2 heterocycles. The third kappa shape index (κ3) is 4.43. The number of benzene rings is 1. The van der Waals surface area contributed by atoms with Crippen LogP contribution < -0.4 is 21.3 Å². The maximum Gasteiger partial charge on any atom is 0.252 e. The molecule has 1 aliphatic carbocycles. The third-order valence-electron chi connectivity index (χ3n) is 6.07. The molecule has 1 aromatic carbocycles. The van der Waals surface area contributed by atoms with Crippen molar-refractivity contribution >= 4 is 23.2 Å². The molecule has 2 unspecified atom stereocenters. The summed E-state index contributed by atoms with van der Waals surface area (Å²) >= 11 is 0. The number of pyridine rings is 1. The molecule has 0 bridgehead atoms. The molecule has 8 nitrogen and oxygen atoms in total. The minimum Gasteiger partial charge on any atom is -0.365 e. The van der Waals surface area contributed by atoms with Gasteiger partial charge < -0.3 is 25.8 Å². The van der Waals surface area contributed by atoms with E-state index < -0.39 is 11.7 Å². The van der Waals surface area contributed by atoms with Crippen molar-refractivity contribution < 1.29 is 9.18 Å². The molecule has 1 saturated carbocycles. The summed E-state index contributed by atoms with van der Waals surface area (Å²) in [4.78, 5) is 22.5. The molecular formula is C23H28FN7O. The van der Waals surface area contributed by atoms with E-state index in [1.807, 2.05) is 54.0 Å². The first-order chi connectivity index (χ1) is 15.5. The summed E-state index contributed by atoms with van der Waals surface area (Å²) in [7, 11) is 3.77. The topological polar surface area (TPSA) is 101 Å². The van der Waals surface area contributed by atoms with Gasteiger partial charge in [0, 0.05) is 42.9 Å². The largest absolute Gasteiger partial charge is 0.365 e. The number of likely N-dealkylation sites (N-methyl/N-ethyl adjacent to an activating group) is 2. The Balaban J connectivity index is 1.69. The molecule has 0 aliphatic heterocycles. The van der Waals surface area contributed by atoms with Crippen molar-refractivity contribution in [2.24, 2.45) is 5.73 Å². The number of nitrogens with two attached hydrogens (primary N) is 1. The summed E-state index contributed by atoms with van der Waals surface area (Å²) in [5, 5.41) is 6.49. The van der Waals surface area contributed by atoms with Gasteiger partial charge >= 0.3 is 0 Å². The second-order valence-electron chi connectivity index (χ2n) is 8.06. The molecule has 4 rings (SSSR count). The highest BCUT2D eigenvalue weighted by molar-refractivity contribution is 5.98. The molecule has 168 valence electrons. The smallest absolute Gasteiger partial charge is 0.252 e. The summed E-state index contributed by atoms with van der Waals surface area (Å²) in [6.45, 7) is 0. The molecule has 32 heavy (non-hydrogen) atoms. The van der Waals surface area contributed by atoms with Gasteiger partial charge in [0.1, 0.15) is 5.82 Å². The number of amides is 1. The van der Waals surface area contributed by atoms with Crippen molar-refractivity contribution in [3.8, 4) is 5.69 Å². The van der Waals surface area contributed by atoms with E-state index in [4.69, 9.17) is 5.73 Å². The molecule has 1 amide bonds. The zero-order chi connectivity index (χ0) is 22.7. The zero-order valence-electron chi connectivity index (χ0n) is 18.3. The predicted molar refractivity (Wildman–Crippen MR) is 123 cm³/mol. The van der Waals surface area contributed by atoms with Gasteiger partial charge in [0.05, 0.1) is 11.9 Å². The average molecular weight is 438 g/mol. The number of carbonyl (C=O) groups excluding carboxylic acids is 1. The number of imidazole rings is 1. The van der Waals surface area contributed by atoms with E-state index in [1.54, 1.807) is 12.5 Å². The van der Waals surface area contributed by atoms with Gasteiger partial charge in [-0.3, -0.25) is 4.79 Å². The lowest BCUT2D eigenvalue weighted by molar-refractivity contribution is 0.100. The van der Waals surface area contributed by atoms with Crippen molar-refractivity contribution in [1.82, 2.24) is 19.9 Å². The summed E-state index contributed by atoms with van der Waals surface area (Å²) in [5.41, 5.74) is 7.11. The van der Waals surface area contributed by atoms with E-state index in [0.717, 1.165) is 31.4 Å². The lowest BCUT2D eigenvalue weighted by atomic mass is 9.89. The number of rotatable bonds is 7. The van der Waals surface area contributed by atoms with E-state index in [-0.39, 0.29) is 29.3 Å². The first-order valence-corrected chi connectivity index (χ1v) is 10.7. The number of hydrogen-bond donors (Lipinski definition) is 3. The number of carbonyl (C=O) groups is 1. The number of aromatic nitrogens is 3. The minimum atomic E-state index is -0.746. The number of nitrogens with zero attached hydrogens (tertiary/aromatic N) is 4. The average Bonchev–Trinajstić information content (AvgIpc) is 3.34. The third-order valence-corrected chi connectivity index (χ3v) is 6.07. The molecular weight excluding hydrogens is 409 g/mol. The van der Waals surface area contributed by atoms with Crippen LogP contribution in [0, 0.1) is 5.82 Å². The van der Waals surface area contributed by atoms with Crippen LogP contribution in [-0.2, 0) is 0 Å². The van der Waals surface area contributed by atoms with Crippen LogP contribution in [0.15, 0.2) is 49.1 Å². The monoisotopic (exact) mass is 437 g/mol. The second-order valence-corrected chi connectivity index (χ2v) is 8.06. The fourth-order valence-corrected chi connectivity index (χ4v) is 4.37. The van der Waals surface area contributed by atoms with Crippen LogP contribution in [0.2, 0.25) is 0 Å². The summed E-state index contributed by atoms with van der Waals surface area (Å²) in [6.07, 6.45) is 9.42. The number of anilines is 3. The van der Waals surface area contributed by atoms with Crippen LogP contribution in [0.1, 0.15) is 36.0 Å². The van der Waals surface area contributed by atoms with E-state index in [9.17, 15) is 4.79 Å². The quantitative estimate of drug-likeness (QED) is 0.525. The van der Waals surface area contributed by atoms with Gasteiger partial charge in [-0.05, 0) is 44.2 Å². The number of nitrogens with one attached hydrogen (secondary N) is 2. The minimum absolute atomic E-state index is 0.00138. The van der Waals surface area contributed by atoms with Crippen LogP contribution >= 0.6 is 0 Å². The van der Waals surface area contributed by atoms with Gasteiger partial charge in [0.25, 0.3) is 5.91 Å². The summed E-state index contributed by atoms with van der Waals surface area (Å²) in [6, 6.07) is 9.05. The normalized spacial score (nSPS) is 18.3. The first kappa shape index (κ1) is 21.8. The van der Waals surface area contributed by atoms with Crippen LogP contribution in [0.25, 0.3) is 5.69 Å². The fourth-order valence-electron chi connectivity index (χ4n) is 4.37. The van der Waals surface area contributed by atoms with Crippen LogP contribution in [0.3, 0.4) is 0 Å². The highest BCUT2D eigenvalue weighted by Crippen LogP contribution is 2.30. The van der Waals surface area contributed by atoms with Crippen LogP contribution in [0.5, 0.6) is 0 Å². The van der Waals surface area contributed by atoms with Crippen molar-refractivity contribution in [1.29, 1.82) is 0 Å². The van der Waals surface area contributed by atoms with Crippen LogP contribution in [0.4, 0.5) is 21.7 Å². The Morgan fingerprint density at radius 2 is 2.09 bits per heavy atom. The van der Waals surface area contributed by atoms with Gasteiger partial charge in [-0.25, -0.2) is 14.4 Å². The van der Waals surface area contributed by atoms with Gasteiger partial charge in [-0.1, -0.05) is 18.9 Å². The second kappa shape index (κ2) is 9.35. The van der Waals surface area contributed by atoms with Gasteiger partial charge in [-0.2, -0.15) is 0 Å². The van der Waals surface area contributed by atoms with Crippen molar-refractivity contribution in [3.05, 3.63) is 60.4 Å². The highest BCUT2D eigenvalue weighted by Gasteiger charge is 2.30. The maximum absolute atomic E-state index is 15.0. The molecule has 9 heteroatoms. The van der Waals surface area contributed by atoms with E-state index in [2.05, 4.69) is 20.6 Å². The Morgan fingerprint density at radius 1 is 1.28 bits per heavy atom. The molecule has 1 fully saturated rings. The van der Waals surface area contributed by atoms with Crippen molar-refractivity contribution in [3.63, 3.8) is 0 Å². The number of primary amides is 1. The molecule has 0 saturated heterocycles. The van der Waals surface area contributed by atoms with E-state index in [0.29, 0.717) is 5.69 Å². The Labute approximate surface area is 186 Å². The lowest BCUT2D eigenvalue weighted by Crippen LogP contribution is -2.50. The molecule has 4 N–H and O–H groups in total. The van der Waals surface area contributed by atoms with Crippen LogP contribution in [-0.4, -0.2) is 46.6 Å². The predicted octanol–water partition coefficient (Wildman–Crippen LogP) is 3.22. The van der Waals surface area contributed by atoms with Gasteiger partial charge in [0.2, 0.25) is 0 Å².